The molecule has 1 heterocycles. The molecule has 0 radical (unpaired) electrons. The van der Waals surface area contributed by atoms with Crippen LogP contribution >= 0.6 is 27.5 Å². The van der Waals surface area contributed by atoms with Crippen LogP contribution in [-0.4, -0.2) is 23.3 Å². The molecule has 0 aliphatic heterocycles. The lowest BCUT2D eigenvalue weighted by Crippen LogP contribution is -2.24. The normalized spacial score (nSPS) is 11.0. The molecule has 3 aromatic carbocycles. The van der Waals surface area contributed by atoms with E-state index in [-0.39, 0.29) is 5.56 Å². The van der Waals surface area contributed by atoms with Crippen LogP contribution in [0.15, 0.2) is 76.0 Å². The summed E-state index contributed by atoms with van der Waals surface area (Å²) in [7, 11) is 1.63. The zero-order valence-electron chi connectivity index (χ0n) is 17.6. The van der Waals surface area contributed by atoms with Gasteiger partial charge in [-0.15, -0.1) is 0 Å². The average Bonchev–Trinajstić information content (AvgIpc) is 2.81. The van der Waals surface area contributed by atoms with Gasteiger partial charge in [-0.2, -0.15) is 0 Å². The van der Waals surface area contributed by atoms with E-state index in [2.05, 4.69) is 15.9 Å². The summed E-state index contributed by atoms with van der Waals surface area (Å²) in [6, 6.07) is 20.6. The summed E-state index contributed by atoms with van der Waals surface area (Å²) in [5, 5.41) is 1.18. The number of hydrogen-bond donors (Lipinski definition) is 0. The van der Waals surface area contributed by atoms with Crippen molar-refractivity contribution in [1.82, 2.24) is 9.55 Å². The van der Waals surface area contributed by atoms with Crippen molar-refractivity contribution in [2.75, 3.05) is 13.7 Å². The highest BCUT2D eigenvalue weighted by molar-refractivity contribution is 9.10. The number of halogens is 2. The van der Waals surface area contributed by atoms with E-state index in [0.717, 1.165) is 28.6 Å². The van der Waals surface area contributed by atoms with E-state index in [4.69, 9.17) is 26.1 Å². The second-order valence-corrected chi connectivity index (χ2v) is 8.59. The molecule has 4 aromatic rings. The van der Waals surface area contributed by atoms with Crippen molar-refractivity contribution in [3.8, 4) is 22.9 Å². The van der Waals surface area contributed by atoms with Crippen molar-refractivity contribution in [1.29, 1.82) is 0 Å². The number of methoxy groups -OCH3 is 1. The summed E-state index contributed by atoms with van der Waals surface area (Å²) < 4.78 is 13.7. The molecule has 0 N–H and O–H groups in total. The fraction of sp³-hybridized carbons (Fsp3) is 0.200. The molecule has 0 amide bonds. The first-order chi connectivity index (χ1) is 15.6. The second-order valence-electron chi connectivity index (χ2n) is 7.27. The van der Waals surface area contributed by atoms with E-state index in [9.17, 15) is 4.79 Å². The van der Waals surface area contributed by atoms with E-state index in [1.54, 1.807) is 17.7 Å². The van der Waals surface area contributed by atoms with Gasteiger partial charge in [-0.3, -0.25) is 9.36 Å². The predicted octanol–water partition coefficient (Wildman–Crippen LogP) is 6.35. The molecule has 0 atom stereocenters. The lowest BCUT2D eigenvalue weighted by atomic mass is 10.1. The molecule has 1 aromatic heterocycles. The lowest BCUT2D eigenvalue weighted by molar-refractivity contribution is 0.303. The number of fused-ring (bicyclic) bond motifs is 1. The van der Waals surface area contributed by atoms with Crippen molar-refractivity contribution >= 4 is 38.4 Å². The Labute approximate surface area is 199 Å². The van der Waals surface area contributed by atoms with Crippen molar-refractivity contribution in [3.63, 3.8) is 0 Å². The van der Waals surface area contributed by atoms with Crippen LogP contribution in [0.25, 0.3) is 22.3 Å². The van der Waals surface area contributed by atoms with Crippen LogP contribution in [0.1, 0.15) is 12.8 Å². The topological polar surface area (TPSA) is 53.3 Å². The van der Waals surface area contributed by atoms with E-state index in [1.807, 2.05) is 60.7 Å². The first-order valence-corrected chi connectivity index (χ1v) is 11.5. The van der Waals surface area contributed by atoms with Gasteiger partial charge in [0.1, 0.15) is 17.3 Å². The van der Waals surface area contributed by atoms with Crippen LogP contribution in [0.2, 0.25) is 5.02 Å². The first-order valence-electron chi connectivity index (χ1n) is 10.3. The summed E-state index contributed by atoms with van der Waals surface area (Å²) in [6.45, 7) is 1.05. The highest BCUT2D eigenvalue weighted by Gasteiger charge is 2.13. The minimum absolute atomic E-state index is 0.0432. The monoisotopic (exact) mass is 512 g/mol. The van der Waals surface area contributed by atoms with E-state index in [1.165, 1.54) is 0 Å². The number of hydrogen-bond acceptors (Lipinski definition) is 4. The van der Waals surface area contributed by atoms with Gasteiger partial charge in [0.25, 0.3) is 5.56 Å². The summed E-state index contributed by atoms with van der Waals surface area (Å²) in [5.74, 6) is 2.05. The van der Waals surface area contributed by atoms with Crippen molar-refractivity contribution < 1.29 is 9.47 Å². The Bertz CT molecular complexity index is 1290. The fourth-order valence-corrected chi connectivity index (χ4v) is 4.21. The van der Waals surface area contributed by atoms with Gasteiger partial charge >= 0.3 is 0 Å². The minimum Gasteiger partial charge on any atom is -0.497 e. The number of rotatable bonds is 8. The standard InChI is InChI=1S/C25H22BrClN2O3/c1-31-19-11-8-17(9-12-19)24-28-22-7-3-2-6-20(22)25(30)29(24)14-4-5-15-32-23-13-10-18(26)16-21(23)27/h2-3,6-13,16H,4-5,14-15H2,1H3. The summed E-state index contributed by atoms with van der Waals surface area (Å²) in [4.78, 5) is 18.0. The maximum absolute atomic E-state index is 13.3. The van der Waals surface area contributed by atoms with Gasteiger partial charge in [-0.05, 0) is 67.4 Å². The highest BCUT2D eigenvalue weighted by Crippen LogP contribution is 2.28. The fourth-order valence-electron chi connectivity index (χ4n) is 3.48. The largest absolute Gasteiger partial charge is 0.497 e. The Balaban J connectivity index is 1.53. The quantitative estimate of drug-likeness (QED) is 0.258. The van der Waals surface area contributed by atoms with Gasteiger partial charge in [0.05, 0.1) is 29.6 Å². The molecule has 4 rings (SSSR count). The molecule has 164 valence electrons. The molecular formula is C25H22BrClN2O3. The van der Waals surface area contributed by atoms with Gasteiger partial charge in [0.2, 0.25) is 0 Å². The zero-order valence-corrected chi connectivity index (χ0v) is 19.9. The molecule has 0 fully saturated rings. The van der Waals surface area contributed by atoms with Crippen molar-refractivity contribution in [2.24, 2.45) is 0 Å². The van der Waals surface area contributed by atoms with Crippen LogP contribution in [-0.2, 0) is 6.54 Å². The highest BCUT2D eigenvalue weighted by atomic mass is 79.9. The van der Waals surface area contributed by atoms with Crippen LogP contribution in [0.4, 0.5) is 0 Å². The van der Waals surface area contributed by atoms with Crippen LogP contribution < -0.4 is 15.0 Å². The van der Waals surface area contributed by atoms with Crippen molar-refractivity contribution in [2.45, 2.75) is 19.4 Å². The Morgan fingerprint density at radius 3 is 2.56 bits per heavy atom. The number of aromatic nitrogens is 2. The summed E-state index contributed by atoms with van der Waals surface area (Å²) >= 11 is 9.59. The molecule has 7 heteroatoms. The number of ether oxygens (including phenoxy) is 2. The zero-order chi connectivity index (χ0) is 22.5. The Morgan fingerprint density at radius 2 is 1.81 bits per heavy atom. The summed E-state index contributed by atoms with van der Waals surface area (Å²) in [5.41, 5.74) is 1.51. The Kier molecular flexibility index (Phi) is 7.12. The van der Waals surface area contributed by atoms with E-state index >= 15 is 0 Å². The molecule has 0 saturated heterocycles. The maximum Gasteiger partial charge on any atom is 0.261 e. The van der Waals surface area contributed by atoms with Gasteiger partial charge in [-0.1, -0.05) is 39.7 Å². The molecular weight excluding hydrogens is 492 g/mol. The van der Waals surface area contributed by atoms with Crippen LogP contribution in [0.3, 0.4) is 0 Å². The van der Waals surface area contributed by atoms with Gasteiger partial charge in [0, 0.05) is 16.6 Å². The third kappa shape index (κ3) is 4.97. The molecule has 0 aliphatic rings. The number of nitrogens with zero attached hydrogens (tertiary/aromatic N) is 2. The molecule has 0 spiro atoms. The second kappa shape index (κ2) is 10.2. The number of benzene rings is 3. The van der Waals surface area contributed by atoms with Gasteiger partial charge < -0.3 is 9.47 Å². The number of unbranched alkanes of at least 4 members (excludes halogenated alkanes) is 1. The third-order valence-corrected chi connectivity index (χ3v) is 5.93. The minimum atomic E-state index is -0.0432. The van der Waals surface area contributed by atoms with E-state index in [0.29, 0.717) is 40.7 Å². The SMILES string of the molecule is COc1ccc(-c2nc3ccccc3c(=O)n2CCCCOc2ccc(Br)cc2Cl)cc1. The number of para-hydroxylation sites is 1. The molecule has 0 bridgehead atoms. The predicted molar refractivity (Wildman–Crippen MR) is 132 cm³/mol. The average molecular weight is 514 g/mol. The molecule has 5 nitrogen and oxygen atoms in total. The molecule has 32 heavy (non-hydrogen) atoms. The summed E-state index contributed by atoms with van der Waals surface area (Å²) in [6.07, 6.45) is 1.53. The first kappa shape index (κ1) is 22.4. The van der Waals surface area contributed by atoms with Crippen molar-refractivity contribution in [3.05, 3.63) is 86.6 Å². The molecule has 0 aliphatic carbocycles. The van der Waals surface area contributed by atoms with Gasteiger partial charge in [-0.25, -0.2) is 4.98 Å². The smallest absolute Gasteiger partial charge is 0.261 e. The Morgan fingerprint density at radius 1 is 1.03 bits per heavy atom. The van der Waals surface area contributed by atoms with Gasteiger partial charge in [0.15, 0.2) is 0 Å². The molecule has 0 unspecified atom stereocenters. The van der Waals surface area contributed by atoms with Crippen LogP contribution in [0, 0.1) is 0 Å². The van der Waals surface area contributed by atoms with E-state index < -0.39 is 0 Å². The molecule has 0 saturated carbocycles. The third-order valence-electron chi connectivity index (χ3n) is 5.14. The van der Waals surface area contributed by atoms with Crippen LogP contribution in [0.5, 0.6) is 11.5 Å². The maximum atomic E-state index is 13.3. The Hall–Kier alpha value is -2.83. The lowest BCUT2D eigenvalue weighted by Gasteiger charge is -2.14.